The molecule has 0 heterocycles. The molecule has 2 aromatic rings. The molecule has 3 heteroatoms. The van der Waals surface area contributed by atoms with Gasteiger partial charge in [-0.3, -0.25) is 0 Å². The molecule has 0 aliphatic carbocycles. The van der Waals surface area contributed by atoms with Gasteiger partial charge in [-0.05, 0) is 49.6 Å². The third-order valence-electron chi connectivity index (χ3n) is 3.30. The minimum atomic E-state index is -0.762. The van der Waals surface area contributed by atoms with Crippen LogP contribution in [0.15, 0.2) is 30.3 Å². The van der Waals surface area contributed by atoms with Crippen molar-refractivity contribution in [3.05, 3.63) is 52.0 Å². The first-order valence-electron chi connectivity index (χ1n) is 6.19. The summed E-state index contributed by atoms with van der Waals surface area (Å²) < 4.78 is 0. The number of phenolic OH excluding ortho intramolecular Hbond substituents is 1. The third-order valence-corrected chi connectivity index (χ3v) is 3.52. The molecule has 2 aromatic carbocycles. The van der Waals surface area contributed by atoms with E-state index in [1.807, 2.05) is 32.0 Å². The quantitative estimate of drug-likeness (QED) is 0.854. The van der Waals surface area contributed by atoms with Gasteiger partial charge in [-0.25, -0.2) is 0 Å². The van der Waals surface area contributed by atoms with Crippen molar-refractivity contribution in [2.24, 2.45) is 0 Å². The van der Waals surface area contributed by atoms with Crippen molar-refractivity contribution in [3.8, 4) is 16.9 Å². The Balaban J connectivity index is 2.76. The SMILES string of the molecule is Cc1cccc(C)c1-c1cc(Cl)cc(C(C)O)c1O. The molecule has 1 atom stereocenters. The van der Waals surface area contributed by atoms with Crippen molar-refractivity contribution >= 4 is 11.6 Å². The number of benzene rings is 2. The van der Waals surface area contributed by atoms with Crippen LogP contribution in [0.3, 0.4) is 0 Å². The lowest BCUT2D eigenvalue weighted by Gasteiger charge is -2.16. The molecule has 100 valence electrons. The summed E-state index contributed by atoms with van der Waals surface area (Å²) in [4.78, 5) is 0. The summed E-state index contributed by atoms with van der Waals surface area (Å²) in [5.74, 6) is 0.0943. The van der Waals surface area contributed by atoms with Crippen LogP contribution < -0.4 is 0 Å². The van der Waals surface area contributed by atoms with Gasteiger partial charge in [0, 0.05) is 16.1 Å². The van der Waals surface area contributed by atoms with Crippen LogP contribution in [0.25, 0.3) is 11.1 Å². The Kier molecular flexibility index (Phi) is 3.83. The molecule has 0 amide bonds. The van der Waals surface area contributed by atoms with E-state index in [-0.39, 0.29) is 5.75 Å². The van der Waals surface area contributed by atoms with Crippen LogP contribution >= 0.6 is 11.6 Å². The molecule has 0 radical (unpaired) electrons. The number of phenols is 1. The molecule has 0 fully saturated rings. The van der Waals surface area contributed by atoms with E-state index < -0.39 is 6.10 Å². The van der Waals surface area contributed by atoms with Gasteiger partial charge >= 0.3 is 0 Å². The van der Waals surface area contributed by atoms with E-state index in [0.717, 1.165) is 16.7 Å². The van der Waals surface area contributed by atoms with Crippen LogP contribution in [0, 0.1) is 13.8 Å². The van der Waals surface area contributed by atoms with E-state index in [4.69, 9.17) is 11.6 Å². The molecule has 0 saturated heterocycles. The highest BCUT2D eigenvalue weighted by molar-refractivity contribution is 6.31. The third kappa shape index (κ3) is 2.60. The lowest BCUT2D eigenvalue weighted by molar-refractivity contribution is 0.195. The second-order valence-corrected chi connectivity index (χ2v) is 5.27. The Morgan fingerprint density at radius 2 is 1.68 bits per heavy atom. The summed E-state index contributed by atoms with van der Waals surface area (Å²) in [6.45, 7) is 5.59. The first-order valence-corrected chi connectivity index (χ1v) is 6.56. The van der Waals surface area contributed by atoms with Gasteiger partial charge in [0.25, 0.3) is 0 Å². The zero-order valence-corrected chi connectivity index (χ0v) is 12.0. The van der Waals surface area contributed by atoms with Crippen molar-refractivity contribution < 1.29 is 10.2 Å². The van der Waals surface area contributed by atoms with E-state index in [2.05, 4.69) is 0 Å². The lowest BCUT2D eigenvalue weighted by atomic mass is 9.93. The maximum Gasteiger partial charge on any atom is 0.129 e. The highest BCUT2D eigenvalue weighted by atomic mass is 35.5. The van der Waals surface area contributed by atoms with Crippen LogP contribution in [0.5, 0.6) is 5.75 Å². The number of aryl methyl sites for hydroxylation is 2. The summed E-state index contributed by atoms with van der Waals surface area (Å²) in [5, 5.41) is 20.6. The molecule has 0 aromatic heterocycles. The molecule has 0 saturated carbocycles. The van der Waals surface area contributed by atoms with E-state index in [0.29, 0.717) is 16.1 Å². The number of hydrogen-bond acceptors (Lipinski definition) is 2. The van der Waals surface area contributed by atoms with Crippen LogP contribution in [-0.2, 0) is 0 Å². The van der Waals surface area contributed by atoms with Gasteiger partial charge in [0.05, 0.1) is 6.10 Å². The molecule has 2 rings (SSSR count). The van der Waals surface area contributed by atoms with Crippen LogP contribution in [0.4, 0.5) is 0 Å². The number of aliphatic hydroxyl groups is 1. The maximum absolute atomic E-state index is 10.4. The second-order valence-electron chi connectivity index (χ2n) is 4.83. The molecule has 19 heavy (non-hydrogen) atoms. The predicted molar refractivity (Wildman–Crippen MR) is 78.7 cm³/mol. The summed E-state index contributed by atoms with van der Waals surface area (Å²) in [6.07, 6.45) is -0.762. The van der Waals surface area contributed by atoms with Crippen molar-refractivity contribution in [2.75, 3.05) is 0 Å². The van der Waals surface area contributed by atoms with Gasteiger partial charge in [0.15, 0.2) is 0 Å². The summed E-state index contributed by atoms with van der Waals surface area (Å²) in [7, 11) is 0. The average molecular weight is 277 g/mol. The first-order chi connectivity index (χ1) is 8.91. The van der Waals surface area contributed by atoms with E-state index in [1.165, 1.54) is 0 Å². The highest BCUT2D eigenvalue weighted by Gasteiger charge is 2.17. The van der Waals surface area contributed by atoms with E-state index in [1.54, 1.807) is 19.1 Å². The van der Waals surface area contributed by atoms with Crippen LogP contribution in [0.2, 0.25) is 5.02 Å². The zero-order valence-electron chi connectivity index (χ0n) is 11.2. The van der Waals surface area contributed by atoms with Crippen molar-refractivity contribution in [3.63, 3.8) is 0 Å². The Morgan fingerprint density at radius 1 is 1.11 bits per heavy atom. The summed E-state index contributed by atoms with van der Waals surface area (Å²) in [6, 6.07) is 9.29. The summed E-state index contributed by atoms with van der Waals surface area (Å²) in [5.41, 5.74) is 4.21. The first kappa shape index (κ1) is 13.9. The lowest BCUT2D eigenvalue weighted by Crippen LogP contribution is -1.96. The fraction of sp³-hybridized carbons (Fsp3) is 0.250. The largest absolute Gasteiger partial charge is 0.507 e. The Hall–Kier alpha value is -1.51. The number of aliphatic hydroxyl groups excluding tert-OH is 1. The van der Waals surface area contributed by atoms with Gasteiger partial charge in [0.1, 0.15) is 5.75 Å². The Labute approximate surface area is 118 Å². The molecule has 2 N–H and O–H groups in total. The van der Waals surface area contributed by atoms with Crippen LogP contribution in [0.1, 0.15) is 29.7 Å². The molecule has 0 aliphatic rings. The fourth-order valence-corrected chi connectivity index (χ4v) is 2.60. The molecule has 1 unspecified atom stereocenters. The minimum Gasteiger partial charge on any atom is -0.507 e. The summed E-state index contributed by atoms with van der Waals surface area (Å²) >= 11 is 6.10. The zero-order chi connectivity index (χ0) is 14.2. The van der Waals surface area contributed by atoms with E-state index in [9.17, 15) is 10.2 Å². The van der Waals surface area contributed by atoms with Gasteiger partial charge in [-0.2, -0.15) is 0 Å². The minimum absolute atomic E-state index is 0.0943. The smallest absolute Gasteiger partial charge is 0.129 e. The number of halogens is 1. The molecular weight excluding hydrogens is 260 g/mol. The molecule has 0 bridgehead atoms. The Morgan fingerprint density at radius 3 is 2.21 bits per heavy atom. The topological polar surface area (TPSA) is 40.5 Å². The van der Waals surface area contributed by atoms with Crippen LogP contribution in [-0.4, -0.2) is 10.2 Å². The molecule has 0 aliphatic heterocycles. The number of hydrogen-bond donors (Lipinski definition) is 2. The van der Waals surface area contributed by atoms with Crippen molar-refractivity contribution in [2.45, 2.75) is 26.9 Å². The van der Waals surface area contributed by atoms with Gasteiger partial charge in [0.2, 0.25) is 0 Å². The van der Waals surface area contributed by atoms with Gasteiger partial charge in [-0.15, -0.1) is 0 Å². The molecular formula is C16H17ClO2. The normalized spacial score (nSPS) is 12.5. The van der Waals surface area contributed by atoms with Crippen molar-refractivity contribution in [1.82, 2.24) is 0 Å². The number of aromatic hydroxyl groups is 1. The van der Waals surface area contributed by atoms with Gasteiger partial charge in [-0.1, -0.05) is 29.8 Å². The fourth-order valence-electron chi connectivity index (χ4n) is 2.37. The second kappa shape index (κ2) is 5.24. The monoisotopic (exact) mass is 276 g/mol. The standard InChI is InChI=1S/C16H17ClO2/c1-9-5-4-6-10(2)15(9)14-8-12(17)7-13(11(3)18)16(14)19/h4-8,11,18-19H,1-3H3. The predicted octanol–water partition coefficient (Wildman–Crippen LogP) is 4.38. The van der Waals surface area contributed by atoms with E-state index >= 15 is 0 Å². The number of rotatable bonds is 2. The molecule has 0 spiro atoms. The highest BCUT2D eigenvalue weighted by Crippen LogP contribution is 2.40. The van der Waals surface area contributed by atoms with Crippen molar-refractivity contribution in [1.29, 1.82) is 0 Å². The van der Waals surface area contributed by atoms with Gasteiger partial charge < -0.3 is 10.2 Å². The molecule has 2 nitrogen and oxygen atoms in total. The average Bonchev–Trinajstić information content (AvgIpc) is 2.32. The Bertz CT molecular complexity index is 598. The maximum atomic E-state index is 10.4.